The van der Waals surface area contributed by atoms with Gasteiger partial charge in [0.1, 0.15) is 11.9 Å². The number of rotatable bonds is 8. The number of aromatic nitrogens is 2. The summed E-state index contributed by atoms with van der Waals surface area (Å²) in [6, 6.07) is -1.62. The van der Waals surface area contributed by atoms with Gasteiger partial charge in [-0.05, 0) is 13.3 Å². The Bertz CT molecular complexity index is 637. The van der Waals surface area contributed by atoms with Crippen molar-refractivity contribution in [3.05, 3.63) is 12.0 Å². The summed E-state index contributed by atoms with van der Waals surface area (Å²) >= 11 is 0. The number of nitrogens with one attached hydrogen (secondary N) is 1. The molecule has 1 amide bonds. The van der Waals surface area contributed by atoms with Crippen LogP contribution in [0.3, 0.4) is 0 Å². The number of aliphatic carboxylic acids is 1. The number of carbonyl (C=O) groups is 2. The van der Waals surface area contributed by atoms with Crippen LogP contribution in [0, 0.1) is 6.92 Å². The molecule has 1 aromatic rings. The summed E-state index contributed by atoms with van der Waals surface area (Å²) in [5.74, 6) is -1.90. The number of nitrogens with two attached hydrogens (primary N) is 1. The first-order valence-corrected chi connectivity index (χ1v) is 7.73. The minimum absolute atomic E-state index is 0.288. The first-order valence-electron chi connectivity index (χ1n) is 6.24. The van der Waals surface area contributed by atoms with E-state index in [1.807, 2.05) is 11.6 Å². The lowest BCUT2D eigenvalue weighted by Crippen LogP contribution is -2.43. The molecule has 1 atom stereocenters. The summed E-state index contributed by atoms with van der Waals surface area (Å²) in [5, 5.41) is 8.63. The van der Waals surface area contributed by atoms with Crippen molar-refractivity contribution in [3.8, 4) is 0 Å². The van der Waals surface area contributed by atoms with E-state index in [0.29, 0.717) is 12.4 Å². The van der Waals surface area contributed by atoms with E-state index in [2.05, 4.69) is 4.98 Å². The summed E-state index contributed by atoms with van der Waals surface area (Å²) in [6.07, 6.45) is 1.48. The number of nitrogens with zero attached hydrogens (tertiary/aromatic N) is 2. The second kappa shape index (κ2) is 6.68. The highest BCUT2D eigenvalue weighted by molar-refractivity contribution is 7.89. The number of amides is 1. The standard InChI is InChI=1S/C11H18N4O5S/c1-3-4-15-6-10(13-7(15)2)21(19,20)14-8(11(17)18)5-9(12)16/h6,8,14H,3-5H2,1-2H3,(H2,12,16)(H,17,18)/t8-/m0/s1. The second-order valence-corrected chi connectivity index (χ2v) is 6.16. The van der Waals surface area contributed by atoms with Gasteiger partial charge in [-0.3, -0.25) is 9.59 Å². The minimum atomic E-state index is -4.14. The summed E-state index contributed by atoms with van der Waals surface area (Å²) in [5.41, 5.74) is 4.90. The van der Waals surface area contributed by atoms with Crippen molar-refractivity contribution in [2.75, 3.05) is 0 Å². The minimum Gasteiger partial charge on any atom is -0.480 e. The van der Waals surface area contributed by atoms with Gasteiger partial charge in [0.2, 0.25) is 5.91 Å². The van der Waals surface area contributed by atoms with Crippen LogP contribution in [-0.2, 0) is 26.2 Å². The van der Waals surface area contributed by atoms with E-state index in [9.17, 15) is 18.0 Å². The van der Waals surface area contributed by atoms with Crippen LogP contribution in [-0.4, -0.2) is 41.0 Å². The lowest BCUT2D eigenvalue weighted by atomic mass is 10.2. The van der Waals surface area contributed by atoms with E-state index in [1.54, 1.807) is 11.5 Å². The Labute approximate surface area is 122 Å². The Morgan fingerprint density at radius 1 is 1.52 bits per heavy atom. The van der Waals surface area contributed by atoms with E-state index in [-0.39, 0.29) is 5.03 Å². The molecule has 0 saturated heterocycles. The number of carboxylic acids is 1. The fourth-order valence-electron chi connectivity index (χ4n) is 1.70. The summed E-state index contributed by atoms with van der Waals surface area (Å²) in [7, 11) is -4.14. The Morgan fingerprint density at radius 2 is 2.14 bits per heavy atom. The monoisotopic (exact) mass is 318 g/mol. The van der Waals surface area contributed by atoms with Crippen molar-refractivity contribution in [1.82, 2.24) is 14.3 Å². The molecular weight excluding hydrogens is 300 g/mol. The normalized spacial score (nSPS) is 13.0. The maximum Gasteiger partial charge on any atom is 0.322 e. The van der Waals surface area contributed by atoms with E-state index >= 15 is 0 Å². The lowest BCUT2D eigenvalue weighted by Gasteiger charge is -2.11. The van der Waals surface area contributed by atoms with Crippen LogP contribution >= 0.6 is 0 Å². The predicted molar refractivity (Wildman–Crippen MR) is 72.8 cm³/mol. The third-order valence-corrected chi connectivity index (χ3v) is 4.04. The molecule has 0 aromatic carbocycles. The van der Waals surface area contributed by atoms with E-state index in [0.717, 1.165) is 6.42 Å². The average Bonchev–Trinajstić information content (AvgIpc) is 2.70. The topological polar surface area (TPSA) is 144 Å². The van der Waals surface area contributed by atoms with Gasteiger partial charge in [-0.15, -0.1) is 0 Å². The van der Waals surface area contributed by atoms with Crippen LogP contribution in [0.4, 0.5) is 0 Å². The highest BCUT2D eigenvalue weighted by Crippen LogP contribution is 2.11. The van der Waals surface area contributed by atoms with Crippen LogP contribution in [0.25, 0.3) is 0 Å². The van der Waals surface area contributed by atoms with Gasteiger partial charge in [0.25, 0.3) is 10.0 Å². The van der Waals surface area contributed by atoms with Gasteiger partial charge in [-0.1, -0.05) is 6.92 Å². The maximum absolute atomic E-state index is 12.1. The van der Waals surface area contributed by atoms with Crippen LogP contribution in [0.2, 0.25) is 0 Å². The molecule has 1 heterocycles. The van der Waals surface area contributed by atoms with Crippen molar-refractivity contribution in [2.24, 2.45) is 5.73 Å². The number of primary amides is 1. The van der Waals surface area contributed by atoms with Crippen LogP contribution in [0.15, 0.2) is 11.2 Å². The molecule has 0 fully saturated rings. The van der Waals surface area contributed by atoms with Gasteiger partial charge in [-0.2, -0.15) is 4.72 Å². The number of hydrogen-bond donors (Lipinski definition) is 3. The third-order valence-electron chi connectivity index (χ3n) is 2.69. The van der Waals surface area contributed by atoms with E-state index < -0.39 is 34.4 Å². The smallest absolute Gasteiger partial charge is 0.322 e. The molecule has 0 aliphatic heterocycles. The predicted octanol–water partition coefficient (Wildman–Crippen LogP) is -0.792. The van der Waals surface area contributed by atoms with Crippen LogP contribution < -0.4 is 10.5 Å². The number of aryl methyl sites for hydroxylation is 2. The molecule has 0 spiro atoms. The third kappa shape index (κ3) is 4.53. The number of imidazole rings is 1. The zero-order valence-electron chi connectivity index (χ0n) is 11.7. The molecule has 118 valence electrons. The van der Waals surface area contributed by atoms with Crippen molar-refractivity contribution in [3.63, 3.8) is 0 Å². The zero-order valence-corrected chi connectivity index (χ0v) is 12.6. The molecule has 1 rings (SSSR count). The van der Waals surface area contributed by atoms with Gasteiger partial charge in [0.15, 0.2) is 5.03 Å². The van der Waals surface area contributed by atoms with Crippen molar-refractivity contribution < 1.29 is 23.1 Å². The first kappa shape index (κ1) is 17.1. The molecule has 4 N–H and O–H groups in total. The number of sulfonamides is 1. The van der Waals surface area contributed by atoms with Crippen molar-refractivity contribution in [2.45, 2.75) is 44.3 Å². The number of hydrogen-bond acceptors (Lipinski definition) is 5. The Balaban J connectivity index is 3.01. The summed E-state index contributed by atoms with van der Waals surface area (Å²) < 4.78 is 27.8. The molecule has 21 heavy (non-hydrogen) atoms. The van der Waals surface area contributed by atoms with Gasteiger partial charge in [0, 0.05) is 12.7 Å². The van der Waals surface area contributed by atoms with Crippen LogP contribution in [0.1, 0.15) is 25.6 Å². The number of carboxylic acid groups (broad SMARTS) is 1. The highest BCUT2D eigenvalue weighted by atomic mass is 32.2. The van der Waals surface area contributed by atoms with Gasteiger partial charge in [0.05, 0.1) is 6.42 Å². The first-order chi connectivity index (χ1) is 9.67. The lowest BCUT2D eigenvalue weighted by molar-refractivity contribution is -0.140. The van der Waals surface area contributed by atoms with Gasteiger partial charge >= 0.3 is 5.97 Å². The van der Waals surface area contributed by atoms with Crippen LogP contribution in [0.5, 0.6) is 0 Å². The van der Waals surface area contributed by atoms with Crippen molar-refractivity contribution >= 4 is 21.9 Å². The fraction of sp³-hybridized carbons (Fsp3) is 0.545. The zero-order chi connectivity index (χ0) is 16.2. The van der Waals surface area contributed by atoms with E-state index in [1.165, 1.54) is 6.20 Å². The largest absolute Gasteiger partial charge is 0.480 e. The Kier molecular flexibility index (Phi) is 5.44. The molecule has 9 nitrogen and oxygen atoms in total. The molecule has 0 radical (unpaired) electrons. The molecule has 0 aliphatic carbocycles. The molecule has 10 heteroatoms. The SMILES string of the molecule is CCCn1cc(S(=O)(=O)N[C@@H](CC(N)=O)C(=O)O)nc1C. The number of carbonyl (C=O) groups excluding carboxylic acids is 1. The summed E-state index contributed by atoms with van der Waals surface area (Å²) in [4.78, 5) is 25.6. The molecule has 0 bridgehead atoms. The summed E-state index contributed by atoms with van der Waals surface area (Å²) in [6.45, 7) is 4.17. The van der Waals surface area contributed by atoms with Gasteiger partial charge in [-0.25, -0.2) is 13.4 Å². The Hall–Kier alpha value is -1.94. The average molecular weight is 318 g/mol. The van der Waals surface area contributed by atoms with E-state index in [4.69, 9.17) is 10.8 Å². The molecule has 0 saturated carbocycles. The fourth-order valence-corrected chi connectivity index (χ4v) is 2.90. The molecule has 0 unspecified atom stereocenters. The second-order valence-electron chi connectivity index (χ2n) is 4.50. The highest BCUT2D eigenvalue weighted by Gasteiger charge is 2.28. The maximum atomic E-state index is 12.1. The Morgan fingerprint density at radius 3 is 2.62 bits per heavy atom. The van der Waals surface area contributed by atoms with Crippen molar-refractivity contribution in [1.29, 1.82) is 0 Å². The van der Waals surface area contributed by atoms with Gasteiger partial charge < -0.3 is 15.4 Å². The molecule has 1 aromatic heterocycles. The quantitative estimate of drug-likeness (QED) is 0.572. The molecular formula is C11H18N4O5S. The molecule has 0 aliphatic rings.